The van der Waals surface area contributed by atoms with Gasteiger partial charge in [-0.25, -0.2) is 0 Å². The lowest BCUT2D eigenvalue weighted by molar-refractivity contribution is -0.00100. The van der Waals surface area contributed by atoms with E-state index in [1.165, 1.54) is 16.8 Å². The SMILES string of the molecule is Cc1ccc(OCC(O)CN2CCN(c3ccccc3)CC2)cc1C.[Cl-].[Cl-]. The molecule has 3 rings (SSSR count). The van der Waals surface area contributed by atoms with Crippen molar-refractivity contribution in [2.75, 3.05) is 44.2 Å². The lowest BCUT2D eigenvalue weighted by Gasteiger charge is -2.36. The quantitative estimate of drug-likeness (QED) is 0.546. The van der Waals surface area contributed by atoms with Crippen molar-refractivity contribution in [1.82, 2.24) is 4.90 Å². The number of halogens is 2. The molecule has 4 nitrogen and oxygen atoms in total. The molecular formula is C21H28Cl2N2O2-2. The maximum absolute atomic E-state index is 10.3. The highest BCUT2D eigenvalue weighted by molar-refractivity contribution is 5.46. The molecule has 150 valence electrons. The van der Waals surface area contributed by atoms with E-state index in [4.69, 9.17) is 4.74 Å². The Hall–Kier alpha value is -1.46. The molecule has 0 aromatic heterocycles. The summed E-state index contributed by atoms with van der Waals surface area (Å²) in [6, 6.07) is 16.6. The van der Waals surface area contributed by atoms with E-state index in [2.05, 4.69) is 54.0 Å². The number of benzene rings is 2. The molecule has 1 heterocycles. The largest absolute Gasteiger partial charge is 1.00 e. The van der Waals surface area contributed by atoms with Gasteiger partial charge in [-0.2, -0.15) is 0 Å². The normalized spacial score (nSPS) is 15.4. The molecule has 0 aliphatic carbocycles. The number of β-amino-alcohol motifs (C(OH)–C–C–N with tert-alkyl or cyclic N) is 1. The highest BCUT2D eigenvalue weighted by Crippen LogP contribution is 2.17. The average Bonchev–Trinajstić information content (AvgIpc) is 2.64. The van der Waals surface area contributed by atoms with Gasteiger partial charge in [-0.15, -0.1) is 0 Å². The molecule has 2 aromatic rings. The van der Waals surface area contributed by atoms with Crippen molar-refractivity contribution in [2.24, 2.45) is 0 Å². The zero-order chi connectivity index (χ0) is 17.6. The Kier molecular flexibility index (Phi) is 9.95. The van der Waals surface area contributed by atoms with Crippen LogP contribution < -0.4 is 34.5 Å². The van der Waals surface area contributed by atoms with Crippen molar-refractivity contribution in [3.05, 3.63) is 59.7 Å². The van der Waals surface area contributed by atoms with Crippen LogP contribution in [0.4, 0.5) is 5.69 Å². The fraction of sp³-hybridized carbons (Fsp3) is 0.429. The van der Waals surface area contributed by atoms with Crippen LogP contribution in [0.3, 0.4) is 0 Å². The predicted molar refractivity (Wildman–Crippen MR) is 103 cm³/mol. The van der Waals surface area contributed by atoms with Crippen LogP contribution in [0.2, 0.25) is 0 Å². The van der Waals surface area contributed by atoms with E-state index in [1.54, 1.807) is 0 Å². The predicted octanol–water partition coefficient (Wildman–Crippen LogP) is -3.13. The lowest BCUT2D eigenvalue weighted by Crippen LogP contribution is -3.00. The molecule has 1 fully saturated rings. The van der Waals surface area contributed by atoms with Gasteiger partial charge in [-0.3, -0.25) is 4.90 Å². The van der Waals surface area contributed by atoms with Crippen LogP contribution in [0.15, 0.2) is 48.5 Å². The summed E-state index contributed by atoms with van der Waals surface area (Å²) >= 11 is 0. The van der Waals surface area contributed by atoms with Crippen molar-refractivity contribution in [2.45, 2.75) is 20.0 Å². The molecule has 1 unspecified atom stereocenters. The topological polar surface area (TPSA) is 35.9 Å². The van der Waals surface area contributed by atoms with Crippen molar-refractivity contribution in [1.29, 1.82) is 0 Å². The summed E-state index contributed by atoms with van der Waals surface area (Å²) in [6.45, 7) is 9.08. The Bertz CT molecular complexity index is 677. The minimum absolute atomic E-state index is 0. The number of anilines is 1. The van der Waals surface area contributed by atoms with Crippen LogP contribution in [-0.4, -0.2) is 55.4 Å². The molecule has 0 amide bonds. The molecule has 1 atom stereocenters. The maximum atomic E-state index is 10.3. The number of nitrogens with zero attached hydrogens (tertiary/aromatic N) is 2. The maximum Gasteiger partial charge on any atom is 0.119 e. The summed E-state index contributed by atoms with van der Waals surface area (Å²) in [5.41, 5.74) is 3.74. The van der Waals surface area contributed by atoms with E-state index in [0.717, 1.165) is 31.9 Å². The number of piperazine rings is 1. The Balaban J connectivity index is 0.00000182. The van der Waals surface area contributed by atoms with Gasteiger partial charge in [0.05, 0.1) is 0 Å². The van der Waals surface area contributed by atoms with Gasteiger partial charge in [0, 0.05) is 38.4 Å². The van der Waals surface area contributed by atoms with E-state index >= 15 is 0 Å². The Morgan fingerprint density at radius 3 is 2.22 bits per heavy atom. The van der Waals surface area contributed by atoms with Gasteiger partial charge in [-0.1, -0.05) is 24.3 Å². The molecule has 1 N–H and O–H groups in total. The van der Waals surface area contributed by atoms with Gasteiger partial charge in [0.15, 0.2) is 0 Å². The number of hydrogen-bond acceptors (Lipinski definition) is 4. The molecule has 6 heteroatoms. The van der Waals surface area contributed by atoms with Gasteiger partial charge < -0.3 is 39.6 Å². The van der Waals surface area contributed by atoms with Crippen LogP contribution in [0, 0.1) is 13.8 Å². The second kappa shape index (κ2) is 11.4. The van der Waals surface area contributed by atoms with E-state index in [1.807, 2.05) is 18.2 Å². The summed E-state index contributed by atoms with van der Waals surface area (Å²) in [4.78, 5) is 4.71. The number of ether oxygens (including phenoxy) is 1. The van der Waals surface area contributed by atoms with Crippen molar-refractivity contribution >= 4 is 5.69 Å². The molecule has 2 aromatic carbocycles. The fourth-order valence-corrected chi connectivity index (χ4v) is 3.17. The van der Waals surface area contributed by atoms with Crippen molar-refractivity contribution in [3.63, 3.8) is 0 Å². The number of hydrogen-bond donors (Lipinski definition) is 1. The lowest BCUT2D eigenvalue weighted by atomic mass is 10.1. The van der Waals surface area contributed by atoms with Crippen LogP contribution in [0.1, 0.15) is 11.1 Å². The third-order valence-corrected chi connectivity index (χ3v) is 4.88. The Morgan fingerprint density at radius 2 is 1.59 bits per heavy atom. The average molecular weight is 411 g/mol. The number of rotatable bonds is 6. The Labute approximate surface area is 175 Å². The molecule has 0 saturated carbocycles. The first-order valence-electron chi connectivity index (χ1n) is 9.02. The minimum Gasteiger partial charge on any atom is -1.00 e. The fourth-order valence-electron chi connectivity index (χ4n) is 3.17. The van der Waals surface area contributed by atoms with E-state index in [9.17, 15) is 5.11 Å². The molecular weight excluding hydrogens is 383 g/mol. The van der Waals surface area contributed by atoms with Crippen LogP contribution in [0.5, 0.6) is 5.75 Å². The van der Waals surface area contributed by atoms with Gasteiger partial charge in [0.25, 0.3) is 0 Å². The standard InChI is InChI=1S/C21H28N2O2.2ClH/c1-17-8-9-21(14-18(17)2)25-16-20(24)15-22-10-12-23(13-11-22)19-6-4-3-5-7-19;;/h3-9,14,20,24H,10-13,15-16H2,1-2H3;2*1H/p-2. The number of para-hydroxylation sites is 1. The van der Waals surface area contributed by atoms with Crippen molar-refractivity contribution in [3.8, 4) is 5.75 Å². The zero-order valence-electron chi connectivity index (χ0n) is 15.9. The van der Waals surface area contributed by atoms with Crippen LogP contribution in [0.25, 0.3) is 0 Å². The zero-order valence-corrected chi connectivity index (χ0v) is 17.5. The van der Waals surface area contributed by atoms with Gasteiger partial charge in [0.1, 0.15) is 18.5 Å². The summed E-state index contributed by atoms with van der Waals surface area (Å²) < 4.78 is 5.75. The van der Waals surface area contributed by atoms with Gasteiger partial charge in [-0.05, 0) is 49.2 Å². The van der Waals surface area contributed by atoms with Crippen LogP contribution in [-0.2, 0) is 0 Å². The highest BCUT2D eigenvalue weighted by atomic mass is 35.5. The molecule has 0 spiro atoms. The summed E-state index contributed by atoms with van der Waals surface area (Å²) in [6.07, 6.45) is -0.468. The molecule has 27 heavy (non-hydrogen) atoms. The molecule has 1 saturated heterocycles. The monoisotopic (exact) mass is 410 g/mol. The van der Waals surface area contributed by atoms with Gasteiger partial charge >= 0.3 is 0 Å². The molecule has 0 bridgehead atoms. The van der Waals surface area contributed by atoms with Gasteiger partial charge in [0.2, 0.25) is 0 Å². The van der Waals surface area contributed by atoms with E-state index in [0.29, 0.717) is 13.2 Å². The number of aliphatic hydroxyl groups is 1. The van der Waals surface area contributed by atoms with Crippen molar-refractivity contribution < 1.29 is 34.7 Å². The first-order valence-corrected chi connectivity index (χ1v) is 9.02. The Morgan fingerprint density at radius 1 is 0.926 bits per heavy atom. The van der Waals surface area contributed by atoms with E-state index in [-0.39, 0.29) is 24.8 Å². The molecule has 1 aliphatic rings. The molecule has 1 aliphatic heterocycles. The summed E-state index contributed by atoms with van der Waals surface area (Å²) in [5.74, 6) is 0.830. The highest BCUT2D eigenvalue weighted by Gasteiger charge is 2.19. The van der Waals surface area contributed by atoms with Crippen LogP contribution >= 0.6 is 0 Å². The second-order valence-electron chi connectivity index (χ2n) is 6.83. The third kappa shape index (κ3) is 6.89. The smallest absolute Gasteiger partial charge is 0.119 e. The second-order valence-corrected chi connectivity index (χ2v) is 6.83. The summed E-state index contributed by atoms with van der Waals surface area (Å²) in [7, 11) is 0. The summed E-state index contributed by atoms with van der Waals surface area (Å²) in [5, 5.41) is 10.3. The first kappa shape index (κ1) is 23.6. The minimum atomic E-state index is -0.468. The number of aliphatic hydroxyl groups excluding tert-OH is 1. The third-order valence-electron chi connectivity index (χ3n) is 4.88. The number of aryl methyl sites for hydroxylation is 2. The van der Waals surface area contributed by atoms with E-state index < -0.39 is 6.10 Å². The first-order chi connectivity index (χ1) is 12.1. The molecule has 0 radical (unpaired) electrons.